The maximum Gasteiger partial charge on any atom is 0.248 e. The number of rotatable bonds is 3. The normalized spacial score (nSPS) is 18.7. The molecule has 1 aromatic rings. The van der Waals surface area contributed by atoms with Crippen LogP contribution in [0.4, 0.5) is 5.69 Å². The summed E-state index contributed by atoms with van der Waals surface area (Å²) >= 11 is 0. The minimum atomic E-state index is -0.282. The molecule has 1 amide bonds. The largest absolute Gasteiger partial charge is 0.395 e. The van der Waals surface area contributed by atoms with E-state index in [1.807, 2.05) is 19.9 Å². The van der Waals surface area contributed by atoms with Gasteiger partial charge in [0.15, 0.2) is 0 Å². The van der Waals surface area contributed by atoms with Gasteiger partial charge >= 0.3 is 0 Å². The molecule has 0 aliphatic carbocycles. The Bertz CT molecular complexity index is 457. The molecule has 0 aromatic heterocycles. The van der Waals surface area contributed by atoms with Crippen LogP contribution in [0.25, 0.3) is 0 Å². The van der Waals surface area contributed by atoms with Crippen LogP contribution in [0.5, 0.6) is 0 Å². The Balaban J connectivity index is 2.56. The van der Waals surface area contributed by atoms with E-state index >= 15 is 0 Å². The van der Waals surface area contributed by atoms with E-state index in [4.69, 9.17) is 5.11 Å². The van der Waals surface area contributed by atoms with Crippen LogP contribution >= 0.6 is 0 Å². The lowest BCUT2D eigenvalue weighted by Gasteiger charge is -2.18. The molecule has 0 fully saturated rings. The molecule has 1 aliphatic heterocycles. The summed E-state index contributed by atoms with van der Waals surface area (Å²) in [5.41, 5.74) is 4.21. The van der Waals surface area contributed by atoms with Gasteiger partial charge in [0.25, 0.3) is 0 Å². The van der Waals surface area contributed by atoms with Crippen molar-refractivity contribution in [2.75, 3.05) is 25.1 Å². The van der Waals surface area contributed by atoms with Gasteiger partial charge in [0, 0.05) is 12.1 Å². The first kappa shape index (κ1) is 12.1. The number of fused-ring (bicyclic) bond motifs is 1. The lowest BCUT2D eigenvalue weighted by Crippen LogP contribution is -2.35. The van der Waals surface area contributed by atoms with Crippen molar-refractivity contribution in [1.82, 2.24) is 5.32 Å². The van der Waals surface area contributed by atoms with E-state index in [1.165, 1.54) is 0 Å². The van der Waals surface area contributed by atoms with Crippen LogP contribution in [0.1, 0.15) is 22.7 Å². The first-order valence-corrected chi connectivity index (χ1v) is 5.80. The topological polar surface area (TPSA) is 52.6 Å². The number of carbonyl (C=O) groups excluding carboxylic acids is 1. The van der Waals surface area contributed by atoms with Crippen molar-refractivity contribution in [1.29, 1.82) is 0 Å². The second-order valence-corrected chi connectivity index (χ2v) is 4.45. The smallest absolute Gasteiger partial charge is 0.248 e. The average molecular weight is 234 g/mol. The lowest BCUT2D eigenvalue weighted by atomic mass is 10.0. The number of carbonyl (C=O) groups is 1. The van der Waals surface area contributed by atoms with Gasteiger partial charge in [-0.1, -0.05) is 17.7 Å². The molecule has 1 aliphatic rings. The fourth-order valence-corrected chi connectivity index (χ4v) is 2.58. The SMILES string of the molecule is CNC1C(=O)N(CCO)c2c(C)cc(C)cc21. The van der Waals surface area contributed by atoms with Crippen molar-refractivity contribution in [2.45, 2.75) is 19.9 Å². The van der Waals surface area contributed by atoms with E-state index in [0.717, 1.165) is 22.4 Å². The van der Waals surface area contributed by atoms with Crippen LogP contribution in [0, 0.1) is 13.8 Å². The number of hydrogen-bond donors (Lipinski definition) is 2. The summed E-state index contributed by atoms with van der Waals surface area (Å²) in [4.78, 5) is 13.9. The van der Waals surface area contributed by atoms with Gasteiger partial charge < -0.3 is 15.3 Å². The minimum absolute atomic E-state index is 0.0188. The zero-order valence-corrected chi connectivity index (χ0v) is 10.4. The molecule has 0 saturated carbocycles. The molecule has 1 unspecified atom stereocenters. The van der Waals surface area contributed by atoms with Crippen LogP contribution in [0.2, 0.25) is 0 Å². The quantitative estimate of drug-likeness (QED) is 0.817. The molecule has 0 spiro atoms. The number of nitrogens with zero attached hydrogens (tertiary/aromatic N) is 1. The molecule has 4 nitrogen and oxygen atoms in total. The highest BCUT2D eigenvalue weighted by atomic mass is 16.3. The highest BCUT2D eigenvalue weighted by molar-refractivity contribution is 6.05. The van der Waals surface area contributed by atoms with Gasteiger partial charge in [-0.05, 0) is 26.5 Å². The molecular weight excluding hydrogens is 216 g/mol. The Morgan fingerprint density at radius 2 is 2.12 bits per heavy atom. The molecule has 0 radical (unpaired) electrons. The highest BCUT2D eigenvalue weighted by Gasteiger charge is 2.37. The Kier molecular flexibility index (Phi) is 3.17. The molecule has 1 atom stereocenters. The van der Waals surface area contributed by atoms with Gasteiger partial charge in [-0.15, -0.1) is 0 Å². The van der Waals surface area contributed by atoms with Crippen molar-refractivity contribution in [3.8, 4) is 0 Å². The summed E-state index contributed by atoms with van der Waals surface area (Å²) in [5, 5.41) is 12.1. The van der Waals surface area contributed by atoms with Crippen molar-refractivity contribution >= 4 is 11.6 Å². The summed E-state index contributed by atoms with van der Waals surface area (Å²) in [6.45, 7) is 4.36. The van der Waals surface area contributed by atoms with E-state index < -0.39 is 0 Å². The summed E-state index contributed by atoms with van der Waals surface area (Å²) in [5.74, 6) is 0.0188. The number of aryl methyl sites for hydroxylation is 2. The van der Waals surface area contributed by atoms with E-state index in [9.17, 15) is 4.79 Å². The summed E-state index contributed by atoms with van der Waals surface area (Å²) in [6.07, 6.45) is 0. The molecule has 17 heavy (non-hydrogen) atoms. The number of amides is 1. The maximum atomic E-state index is 12.2. The van der Waals surface area contributed by atoms with Gasteiger partial charge in [0.1, 0.15) is 6.04 Å². The van der Waals surface area contributed by atoms with Crippen molar-refractivity contribution in [3.63, 3.8) is 0 Å². The fraction of sp³-hybridized carbons (Fsp3) is 0.462. The third-order valence-electron chi connectivity index (χ3n) is 3.18. The third-order valence-corrected chi connectivity index (χ3v) is 3.18. The van der Waals surface area contributed by atoms with E-state index in [2.05, 4.69) is 11.4 Å². The second kappa shape index (κ2) is 4.47. The van der Waals surface area contributed by atoms with Crippen molar-refractivity contribution < 1.29 is 9.90 Å². The summed E-state index contributed by atoms with van der Waals surface area (Å²) in [7, 11) is 1.78. The van der Waals surface area contributed by atoms with Crippen molar-refractivity contribution in [3.05, 3.63) is 28.8 Å². The van der Waals surface area contributed by atoms with Gasteiger partial charge in [-0.2, -0.15) is 0 Å². The van der Waals surface area contributed by atoms with Gasteiger partial charge in [0.05, 0.1) is 12.3 Å². The predicted octanol–water partition coefficient (Wildman–Crippen LogP) is 0.903. The highest BCUT2D eigenvalue weighted by Crippen LogP contribution is 2.38. The molecule has 1 heterocycles. The minimum Gasteiger partial charge on any atom is -0.395 e. The maximum absolute atomic E-state index is 12.2. The number of β-amino-alcohol motifs (C(OH)–C–C–N with tert-alkyl or cyclic N) is 1. The molecule has 4 heteroatoms. The Morgan fingerprint density at radius 3 is 2.71 bits per heavy atom. The first-order valence-electron chi connectivity index (χ1n) is 5.80. The number of aliphatic hydroxyl groups excluding tert-OH is 1. The molecule has 2 N–H and O–H groups in total. The lowest BCUT2D eigenvalue weighted by molar-refractivity contribution is -0.120. The molecular formula is C13H18N2O2. The fourth-order valence-electron chi connectivity index (χ4n) is 2.58. The number of benzene rings is 1. The first-order chi connectivity index (χ1) is 8.10. The van der Waals surface area contributed by atoms with Crippen LogP contribution in [-0.2, 0) is 4.79 Å². The summed E-state index contributed by atoms with van der Waals surface area (Å²) in [6, 6.07) is 3.82. The van der Waals surface area contributed by atoms with E-state index in [0.29, 0.717) is 6.54 Å². The third kappa shape index (κ3) is 1.83. The van der Waals surface area contributed by atoms with E-state index in [-0.39, 0.29) is 18.6 Å². The van der Waals surface area contributed by atoms with Crippen LogP contribution in [-0.4, -0.2) is 31.2 Å². The van der Waals surface area contributed by atoms with Crippen LogP contribution < -0.4 is 10.2 Å². The molecule has 0 bridgehead atoms. The average Bonchev–Trinajstić information content (AvgIpc) is 2.52. The van der Waals surface area contributed by atoms with Crippen LogP contribution in [0.15, 0.2) is 12.1 Å². The number of aliphatic hydroxyl groups is 1. The van der Waals surface area contributed by atoms with Crippen LogP contribution in [0.3, 0.4) is 0 Å². The number of anilines is 1. The zero-order valence-electron chi connectivity index (χ0n) is 10.4. The second-order valence-electron chi connectivity index (χ2n) is 4.45. The monoisotopic (exact) mass is 234 g/mol. The molecule has 2 rings (SSSR count). The van der Waals surface area contributed by atoms with Crippen molar-refractivity contribution in [2.24, 2.45) is 0 Å². The predicted molar refractivity (Wildman–Crippen MR) is 67.2 cm³/mol. The molecule has 1 aromatic carbocycles. The Morgan fingerprint density at radius 1 is 1.41 bits per heavy atom. The van der Waals surface area contributed by atoms with Gasteiger partial charge in [0.2, 0.25) is 5.91 Å². The van der Waals surface area contributed by atoms with Gasteiger partial charge in [-0.25, -0.2) is 0 Å². The Labute approximate surface area is 101 Å². The molecule has 92 valence electrons. The zero-order chi connectivity index (χ0) is 12.6. The van der Waals surface area contributed by atoms with E-state index in [1.54, 1.807) is 11.9 Å². The van der Waals surface area contributed by atoms with Gasteiger partial charge in [-0.3, -0.25) is 4.79 Å². The molecule has 0 saturated heterocycles. The number of likely N-dealkylation sites (N-methyl/N-ethyl adjacent to an activating group) is 1. The summed E-state index contributed by atoms with van der Waals surface area (Å²) < 4.78 is 0. The number of hydrogen-bond acceptors (Lipinski definition) is 3. The standard InChI is InChI=1S/C13H18N2O2/c1-8-6-9(2)12-10(7-8)11(14-3)13(17)15(12)4-5-16/h6-7,11,14,16H,4-5H2,1-3H3. The Hall–Kier alpha value is -1.39. The number of nitrogens with one attached hydrogen (secondary N) is 1.